The molecule has 1 fully saturated rings. The number of aliphatic hydroxyl groups is 2. The third-order valence-electron chi connectivity index (χ3n) is 3.16. The number of ketones is 1. The highest BCUT2D eigenvalue weighted by Gasteiger charge is 2.46. The van der Waals surface area contributed by atoms with E-state index in [4.69, 9.17) is 21.1 Å². The summed E-state index contributed by atoms with van der Waals surface area (Å²) in [6, 6.07) is 8.38. The molecule has 8 heteroatoms. The fourth-order valence-electron chi connectivity index (χ4n) is 2.08. The zero-order valence-corrected chi connectivity index (χ0v) is 13.0. The van der Waals surface area contributed by atoms with Crippen LogP contribution < -0.4 is 0 Å². The largest absolute Gasteiger partial charge is 0.387 e. The van der Waals surface area contributed by atoms with Crippen LogP contribution in [0.4, 0.5) is 0 Å². The van der Waals surface area contributed by atoms with Crippen molar-refractivity contribution in [1.29, 1.82) is 0 Å². The highest BCUT2D eigenvalue weighted by molar-refractivity contribution is 8.09. The predicted molar refractivity (Wildman–Crippen MR) is 79.8 cm³/mol. The molecule has 116 valence electrons. The molecule has 5 unspecified atom stereocenters. The van der Waals surface area contributed by atoms with Gasteiger partial charge in [-0.1, -0.05) is 30.3 Å². The summed E-state index contributed by atoms with van der Waals surface area (Å²) in [5.74, 6) is -0.412. The van der Waals surface area contributed by atoms with E-state index in [2.05, 4.69) is 0 Å². The van der Waals surface area contributed by atoms with E-state index >= 15 is 0 Å². The van der Waals surface area contributed by atoms with E-state index < -0.39 is 36.7 Å². The number of benzene rings is 1. The van der Waals surface area contributed by atoms with Gasteiger partial charge in [0.15, 0.2) is 12.3 Å². The van der Waals surface area contributed by atoms with Gasteiger partial charge in [-0.05, 0) is 11.8 Å². The molecular weight excluding hydrogens is 315 g/mol. The highest BCUT2D eigenvalue weighted by Crippen LogP contribution is 2.38. The highest BCUT2D eigenvalue weighted by atomic mass is 32.5. The van der Waals surface area contributed by atoms with E-state index in [1.165, 1.54) is 6.66 Å². The molecule has 3 N–H and O–H groups in total. The molecule has 0 radical (unpaired) electrons. The number of carbonyl (C=O) groups is 1. The molecule has 1 aromatic rings. The van der Waals surface area contributed by atoms with Gasteiger partial charge in [0.25, 0.3) is 0 Å². The molecule has 1 saturated heterocycles. The second-order valence-corrected chi connectivity index (χ2v) is 8.80. The fourth-order valence-corrected chi connectivity index (χ4v) is 2.69. The summed E-state index contributed by atoms with van der Waals surface area (Å²) in [5, 5.41) is 19.9. The molecule has 6 nitrogen and oxygen atoms in total. The van der Waals surface area contributed by atoms with Crippen molar-refractivity contribution in [1.82, 2.24) is 0 Å². The number of rotatable bonds is 5. The van der Waals surface area contributed by atoms with E-state index in [1.54, 1.807) is 30.3 Å². The van der Waals surface area contributed by atoms with Crippen LogP contribution in [0.2, 0.25) is 0 Å². The van der Waals surface area contributed by atoms with E-state index in [9.17, 15) is 19.9 Å². The Morgan fingerprint density at radius 1 is 1.33 bits per heavy atom. The van der Waals surface area contributed by atoms with E-state index in [0.29, 0.717) is 5.56 Å². The third-order valence-corrected chi connectivity index (χ3v) is 4.10. The van der Waals surface area contributed by atoms with Crippen LogP contribution in [-0.4, -0.2) is 58.6 Å². The van der Waals surface area contributed by atoms with Crippen molar-refractivity contribution in [3.05, 3.63) is 35.9 Å². The van der Waals surface area contributed by atoms with Crippen molar-refractivity contribution in [2.75, 3.05) is 13.3 Å². The van der Waals surface area contributed by atoms with E-state index in [-0.39, 0.29) is 6.61 Å². The standard InChI is InChI=1S/C13H17O6PS/c1-20(17,21)18-7-9-11(15)12(16)13(19-9)10(14)8-5-3-2-4-6-8/h2-6,9,11-13,15-16H,7H2,1H3,(H,17,21). The lowest BCUT2D eigenvalue weighted by molar-refractivity contribution is -0.0102. The zero-order chi connectivity index (χ0) is 15.6. The molecule has 0 aromatic heterocycles. The Morgan fingerprint density at radius 2 is 1.95 bits per heavy atom. The molecule has 1 aliphatic heterocycles. The van der Waals surface area contributed by atoms with Gasteiger partial charge in [0.2, 0.25) is 0 Å². The molecule has 1 aliphatic rings. The molecule has 1 aromatic carbocycles. The first-order valence-electron chi connectivity index (χ1n) is 6.35. The summed E-state index contributed by atoms with van der Waals surface area (Å²) < 4.78 is 10.4. The average molecular weight is 332 g/mol. The lowest BCUT2D eigenvalue weighted by Crippen LogP contribution is -2.37. The molecule has 0 spiro atoms. The molecule has 0 saturated carbocycles. The normalized spacial score (nSPS) is 31.8. The summed E-state index contributed by atoms with van der Waals surface area (Å²) in [6.45, 7) is -1.70. The quantitative estimate of drug-likeness (QED) is 0.527. The zero-order valence-electron chi connectivity index (χ0n) is 11.3. The first kappa shape index (κ1) is 16.7. The minimum Gasteiger partial charge on any atom is -0.387 e. The molecule has 2 rings (SSSR count). The average Bonchev–Trinajstić information content (AvgIpc) is 2.72. The smallest absolute Gasteiger partial charge is 0.194 e. The predicted octanol–water partition coefficient (Wildman–Crippen LogP) is 0.307. The summed E-state index contributed by atoms with van der Waals surface area (Å²) >= 11 is 4.72. The summed E-state index contributed by atoms with van der Waals surface area (Å²) in [5.41, 5.74) is 0.387. The third kappa shape index (κ3) is 4.17. The van der Waals surface area contributed by atoms with Crippen molar-refractivity contribution in [3.63, 3.8) is 0 Å². The van der Waals surface area contributed by atoms with Gasteiger partial charge in [0.1, 0.15) is 24.4 Å². The van der Waals surface area contributed by atoms with E-state index in [0.717, 1.165) is 0 Å². The van der Waals surface area contributed by atoms with Crippen LogP contribution in [0.15, 0.2) is 30.3 Å². The second-order valence-electron chi connectivity index (χ2n) is 4.91. The molecule has 21 heavy (non-hydrogen) atoms. The number of ether oxygens (including phenoxy) is 1. The van der Waals surface area contributed by atoms with Crippen LogP contribution in [0.3, 0.4) is 0 Å². The van der Waals surface area contributed by atoms with Gasteiger partial charge in [-0.15, -0.1) is 0 Å². The molecule has 5 atom stereocenters. The second kappa shape index (κ2) is 6.62. The van der Waals surface area contributed by atoms with Crippen LogP contribution in [-0.2, 0) is 21.1 Å². The molecule has 0 bridgehead atoms. The molecule has 0 aliphatic carbocycles. The number of aliphatic hydroxyl groups excluding tert-OH is 2. The topological polar surface area (TPSA) is 96.2 Å². The van der Waals surface area contributed by atoms with Gasteiger partial charge >= 0.3 is 0 Å². The maximum absolute atomic E-state index is 12.2. The lowest BCUT2D eigenvalue weighted by atomic mass is 10.0. The van der Waals surface area contributed by atoms with Crippen molar-refractivity contribution >= 4 is 24.1 Å². The summed E-state index contributed by atoms with van der Waals surface area (Å²) in [6.07, 6.45) is -4.69. The van der Waals surface area contributed by atoms with Gasteiger partial charge in [0.05, 0.1) is 6.61 Å². The van der Waals surface area contributed by atoms with Crippen LogP contribution in [0.1, 0.15) is 10.4 Å². The number of hydrogen-bond donors (Lipinski definition) is 3. The molecule has 0 amide bonds. The monoisotopic (exact) mass is 332 g/mol. The SMILES string of the molecule is CP(O)(=S)OCC1OC(C(=O)c2ccccc2)C(O)C1O. The molecule has 1 heterocycles. The number of carbonyl (C=O) groups excluding carboxylic acids is 1. The first-order chi connectivity index (χ1) is 9.79. The van der Waals surface area contributed by atoms with Crippen molar-refractivity contribution in [2.24, 2.45) is 0 Å². The van der Waals surface area contributed by atoms with E-state index in [1.807, 2.05) is 0 Å². The summed E-state index contributed by atoms with van der Waals surface area (Å²) in [7, 11) is 0. The van der Waals surface area contributed by atoms with Crippen LogP contribution in [0.5, 0.6) is 0 Å². The Bertz CT molecular complexity index is 545. The Kier molecular flexibility index (Phi) is 5.27. The summed E-state index contributed by atoms with van der Waals surface area (Å²) in [4.78, 5) is 21.7. The Hall–Kier alpha value is -0.660. The lowest BCUT2D eigenvalue weighted by Gasteiger charge is -2.17. The number of Topliss-reactive ketones (excluding diaryl/α,β-unsaturated/α-hetero) is 1. The van der Waals surface area contributed by atoms with Gasteiger partial charge in [-0.2, -0.15) is 0 Å². The minimum absolute atomic E-state index is 0.179. The van der Waals surface area contributed by atoms with Crippen molar-refractivity contribution in [2.45, 2.75) is 24.4 Å². The van der Waals surface area contributed by atoms with Crippen LogP contribution >= 0.6 is 6.49 Å². The Labute approximate surface area is 127 Å². The van der Waals surface area contributed by atoms with Crippen LogP contribution in [0.25, 0.3) is 0 Å². The van der Waals surface area contributed by atoms with Gasteiger partial charge < -0.3 is 24.4 Å². The maximum atomic E-state index is 12.2. The van der Waals surface area contributed by atoms with Crippen molar-refractivity contribution in [3.8, 4) is 0 Å². The Morgan fingerprint density at radius 3 is 2.52 bits per heavy atom. The molecular formula is C13H17O6PS. The van der Waals surface area contributed by atoms with Gasteiger partial charge in [0, 0.05) is 12.2 Å². The fraction of sp³-hybridized carbons (Fsp3) is 0.462. The van der Waals surface area contributed by atoms with Crippen molar-refractivity contribution < 1.29 is 29.2 Å². The maximum Gasteiger partial charge on any atom is 0.194 e. The van der Waals surface area contributed by atoms with Gasteiger partial charge in [-0.25, -0.2) is 0 Å². The number of hydrogen-bond acceptors (Lipinski definition) is 6. The minimum atomic E-state index is -2.89. The first-order valence-corrected chi connectivity index (χ1v) is 9.47. The van der Waals surface area contributed by atoms with Gasteiger partial charge in [-0.3, -0.25) is 4.79 Å². The van der Waals surface area contributed by atoms with Crippen LogP contribution in [0, 0.1) is 0 Å². The Balaban J connectivity index is 2.06.